The molecule has 5 heteroatoms. The van der Waals surface area contributed by atoms with Crippen LogP contribution in [0.3, 0.4) is 0 Å². The Kier molecular flexibility index (Phi) is 6.69. The van der Waals surface area contributed by atoms with Gasteiger partial charge in [-0.05, 0) is 36.6 Å². The normalized spacial score (nSPS) is 11.6. The molecule has 2 aromatic carbocycles. The Balaban J connectivity index is 1.91. The molecule has 0 aliphatic heterocycles. The fraction of sp³-hybridized carbons (Fsp3) is 0.300. The number of halogens is 1. The van der Waals surface area contributed by atoms with Gasteiger partial charge in [0.2, 0.25) is 11.8 Å². The van der Waals surface area contributed by atoms with Crippen LogP contribution < -0.4 is 5.32 Å². The van der Waals surface area contributed by atoms with Crippen molar-refractivity contribution in [1.82, 2.24) is 10.2 Å². The molecule has 0 aliphatic rings. The first-order valence-electron chi connectivity index (χ1n) is 8.30. The predicted octanol–water partition coefficient (Wildman–Crippen LogP) is 2.92. The number of hydrogen-bond acceptors (Lipinski definition) is 2. The first kappa shape index (κ1) is 18.6. The summed E-state index contributed by atoms with van der Waals surface area (Å²) in [6.45, 7) is 3.90. The van der Waals surface area contributed by atoms with Crippen LogP contribution in [0.2, 0.25) is 0 Å². The van der Waals surface area contributed by atoms with E-state index in [9.17, 15) is 14.0 Å². The molecule has 1 N–H and O–H groups in total. The van der Waals surface area contributed by atoms with E-state index in [0.29, 0.717) is 6.54 Å². The van der Waals surface area contributed by atoms with Gasteiger partial charge >= 0.3 is 0 Å². The molecule has 4 nitrogen and oxygen atoms in total. The highest BCUT2D eigenvalue weighted by atomic mass is 19.1. The summed E-state index contributed by atoms with van der Waals surface area (Å²) < 4.78 is 13.0. The standard InChI is InChI=1S/C20H23FN2O2/c1-15(20(25)22-13-12-17-6-4-3-5-7-17)23(16(2)24)14-18-8-10-19(21)11-9-18/h3-11,15H,12-14H2,1-2H3,(H,22,25)/t15-/m0/s1. The average Bonchev–Trinajstić information content (AvgIpc) is 2.61. The quantitative estimate of drug-likeness (QED) is 0.841. The van der Waals surface area contributed by atoms with E-state index in [4.69, 9.17) is 0 Å². The monoisotopic (exact) mass is 342 g/mol. The molecule has 0 fully saturated rings. The third kappa shape index (κ3) is 5.71. The molecule has 132 valence electrons. The Hall–Kier alpha value is -2.69. The van der Waals surface area contributed by atoms with Crippen molar-refractivity contribution in [2.24, 2.45) is 0 Å². The van der Waals surface area contributed by atoms with E-state index < -0.39 is 6.04 Å². The Morgan fingerprint density at radius 3 is 2.28 bits per heavy atom. The van der Waals surface area contributed by atoms with Crippen molar-refractivity contribution in [3.63, 3.8) is 0 Å². The second kappa shape index (κ2) is 8.97. The Labute approximate surface area is 147 Å². The van der Waals surface area contributed by atoms with Crippen LogP contribution in [0.5, 0.6) is 0 Å². The van der Waals surface area contributed by atoms with Gasteiger partial charge in [0.15, 0.2) is 0 Å². The van der Waals surface area contributed by atoms with Gasteiger partial charge in [0.05, 0.1) is 0 Å². The summed E-state index contributed by atoms with van der Waals surface area (Å²) in [7, 11) is 0. The van der Waals surface area contributed by atoms with Crippen molar-refractivity contribution in [3.05, 3.63) is 71.5 Å². The fourth-order valence-corrected chi connectivity index (χ4v) is 2.57. The maximum atomic E-state index is 13.0. The lowest BCUT2D eigenvalue weighted by Crippen LogP contribution is -2.47. The van der Waals surface area contributed by atoms with Gasteiger partial charge in [0.25, 0.3) is 0 Å². The van der Waals surface area contributed by atoms with Crippen molar-refractivity contribution in [2.75, 3.05) is 6.54 Å². The lowest BCUT2D eigenvalue weighted by Gasteiger charge is -2.27. The van der Waals surface area contributed by atoms with E-state index in [1.807, 2.05) is 30.3 Å². The van der Waals surface area contributed by atoms with Crippen LogP contribution in [0.15, 0.2) is 54.6 Å². The van der Waals surface area contributed by atoms with Gasteiger partial charge in [-0.3, -0.25) is 9.59 Å². The van der Waals surface area contributed by atoms with Crippen molar-refractivity contribution in [1.29, 1.82) is 0 Å². The SMILES string of the molecule is CC(=O)N(Cc1ccc(F)cc1)[C@@H](C)C(=O)NCCc1ccccc1. The summed E-state index contributed by atoms with van der Waals surface area (Å²) in [6.07, 6.45) is 0.733. The molecule has 2 amide bonds. The molecule has 1 atom stereocenters. The minimum Gasteiger partial charge on any atom is -0.354 e. The van der Waals surface area contributed by atoms with Crippen LogP contribution in [-0.2, 0) is 22.6 Å². The van der Waals surface area contributed by atoms with E-state index in [1.54, 1.807) is 19.1 Å². The lowest BCUT2D eigenvalue weighted by molar-refractivity contribution is -0.138. The summed E-state index contributed by atoms with van der Waals surface area (Å²) in [5.74, 6) is -0.729. The van der Waals surface area contributed by atoms with E-state index in [-0.39, 0.29) is 24.2 Å². The van der Waals surface area contributed by atoms with Crippen molar-refractivity contribution < 1.29 is 14.0 Å². The first-order valence-corrected chi connectivity index (χ1v) is 8.30. The Bertz CT molecular complexity index is 701. The smallest absolute Gasteiger partial charge is 0.242 e. The highest BCUT2D eigenvalue weighted by Crippen LogP contribution is 2.10. The largest absolute Gasteiger partial charge is 0.354 e. The number of amides is 2. The zero-order chi connectivity index (χ0) is 18.2. The minimum absolute atomic E-state index is 0.199. The Morgan fingerprint density at radius 1 is 1.04 bits per heavy atom. The molecule has 0 radical (unpaired) electrons. The first-order chi connectivity index (χ1) is 12.0. The van der Waals surface area contributed by atoms with Crippen molar-refractivity contribution in [2.45, 2.75) is 32.9 Å². The van der Waals surface area contributed by atoms with E-state index in [0.717, 1.165) is 17.5 Å². The number of hydrogen-bond donors (Lipinski definition) is 1. The van der Waals surface area contributed by atoms with Gasteiger partial charge in [-0.1, -0.05) is 42.5 Å². The summed E-state index contributed by atoms with van der Waals surface area (Å²) in [6, 6.07) is 15.2. The molecule has 0 aromatic heterocycles. The van der Waals surface area contributed by atoms with Crippen LogP contribution in [0.1, 0.15) is 25.0 Å². The molecular weight excluding hydrogens is 319 g/mol. The molecule has 0 bridgehead atoms. The van der Waals surface area contributed by atoms with Crippen molar-refractivity contribution >= 4 is 11.8 Å². The summed E-state index contributed by atoms with van der Waals surface area (Å²) >= 11 is 0. The number of carbonyl (C=O) groups excluding carboxylic acids is 2. The van der Waals surface area contributed by atoms with Crippen LogP contribution >= 0.6 is 0 Å². The molecular formula is C20H23FN2O2. The number of carbonyl (C=O) groups is 2. The van der Waals surface area contributed by atoms with E-state index in [1.165, 1.54) is 24.0 Å². The van der Waals surface area contributed by atoms with Crippen LogP contribution in [0.25, 0.3) is 0 Å². The summed E-state index contributed by atoms with van der Waals surface area (Å²) in [5, 5.41) is 2.87. The second-order valence-corrected chi connectivity index (χ2v) is 5.98. The third-order valence-electron chi connectivity index (χ3n) is 4.07. The van der Waals surface area contributed by atoms with Gasteiger partial charge in [0.1, 0.15) is 11.9 Å². The number of benzene rings is 2. The molecule has 0 saturated carbocycles. The van der Waals surface area contributed by atoms with E-state index >= 15 is 0 Å². The highest BCUT2D eigenvalue weighted by Gasteiger charge is 2.23. The predicted molar refractivity (Wildman–Crippen MR) is 95.2 cm³/mol. The third-order valence-corrected chi connectivity index (χ3v) is 4.07. The number of nitrogens with zero attached hydrogens (tertiary/aromatic N) is 1. The fourth-order valence-electron chi connectivity index (χ4n) is 2.57. The van der Waals surface area contributed by atoms with Gasteiger partial charge < -0.3 is 10.2 Å². The zero-order valence-electron chi connectivity index (χ0n) is 14.5. The van der Waals surface area contributed by atoms with Crippen LogP contribution in [0.4, 0.5) is 4.39 Å². The molecule has 0 heterocycles. The van der Waals surface area contributed by atoms with Gasteiger partial charge in [0, 0.05) is 20.0 Å². The molecule has 0 aliphatic carbocycles. The lowest BCUT2D eigenvalue weighted by atomic mass is 10.1. The second-order valence-electron chi connectivity index (χ2n) is 5.98. The van der Waals surface area contributed by atoms with Gasteiger partial charge in [-0.2, -0.15) is 0 Å². The van der Waals surface area contributed by atoms with Gasteiger partial charge in [-0.15, -0.1) is 0 Å². The molecule has 2 rings (SSSR count). The highest BCUT2D eigenvalue weighted by molar-refractivity contribution is 5.86. The number of nitrogens with one attached hydrogen (secondary N) is 1. The zero-order valence-corrected chi connectivity index (χ0v) is 14.5. The maximum Gasteiger partial charge on any atom is 0.242 e. The van der Waals surface area contributed by atoms with Crippen LogP contribution in [0, 0.1) is 5.82 Å². The topological polar surface area (TPSA) is 49.4 Å². The number of rotatable bonds is 7. The van der Waals surface area contributed by atoms with E-state index in [2.05, 4.69) is 5.32 Å². The molecule has 0 saturated heterocycles. The minimum atomic E-state index is -0.599. The molecule has 0 unspecified atom stereocenters. The summed E-state index contributed by atoms with van der Waals surface area (Å²) in [4.78, 5) is 25.8. The molecule has 25 heavy (non-hydrogen) atoms. The Morgan fingerprint density at radius 2 is 1.68 bits per heavy atom. The molecule has 0 spiro atoms. The van der Waals surface area contributed by atoms with Crippen molar-refractivity contribution in [3.8, 4) is 0 Å². The van der Waals surface area contributed by atoms with Gasteiger partial charge in [-0.25, -0.2) is 4.39 Å². The average molecular weight is 342 g/mol. The summed E-state index contributed by atoms with van der Waals surface area (Å²) in [5.41, 5.74) is 1.92. The maximum absolute atomic E-state index is 13.0. The van der Waals surface area contributed by atoms with Crippen LogP contribution in [-0.4, -0.2) is 29.3 Å². The molecule has 2 aromatic rings.